The Morgan fingerprint density at radius 1 is 1.00 bits per heavy atom. The van der Waals surface area contributed by atoms with Gasteiger partial charge in [-0.2, -0.15) is 13.2 Å². The molecule has 0 aromatic heterocycles. The smallest absolute Gasteiger partial charge is 0.378 e. The molecule has 0 saturated carbocycles. The van der Waals surface area contributed by atoms with E-state index >= 15 is 0 Å². The maximum atomic E-state index is 13.0. The number of carbonyl (C=O) groups excluding carboxylic acids is 2. The molecule has 0 saturated heterocycles. The molecule has 0 spiro atoms. The van der Waals surface area contributed by atoms with Crippen LogP contribution >= 0.6 is 0 Å². The number of halogens is 3. The number of benzene rings is 2. The number of nitrogens with one attached hydrogen (secondary N) is 1. The first-order chi connectivity index (χ1) is 13.1. The first-order valence-corrected chi connectivity index (χ1v) is 8.66. The van der Waals surface area contributed by atoms with Crippen molar-refractivity contribution in [2.45, 2.75) is 13.1 Å². The van der Waals surface area contributed by atoms with E-state index in [1.165, 1.54) is 23.1 Å². The van der Waals surface area contributed by atoms with E-state index in [1.807, 2.05) is 19.0 Å². The zero-order valence-electron chi connectivity index (χ0n) is 15.9. The first kappa shape index (κ1) is 21.3. The monoisotopic (exact) mass is 393 g/mol. The molecule has 0 atom stereocenters. The summed E-state index contributed by atoms with van der Waals surface area (Å²) in [6.45, 7) is 1.59. The zero-order valence-corrected chi connectivity index (χ0v) is 15.9. The van der Waals surface area contributed by atoms with E-state index in [1.54, 1.807) is 31.2 Å². The minimum atomic E-state index is -4.58. The molecule has 0 heterocycles. The molecule has 2 aromatic rings. The third-order valence-electron chi connectivity index (χ3n) is 4.14. The number of likely N-dealkylation sites (N-methyl/N-ethyl adjacent to an activating group) is 1. The van der Waals surface area contributed by atoms with Gasteiger partial charge in [-0.05, 0) is 43.3 Å². The Balaban J connectivity index is 2.10. The highest BCUT2D eigenvalue weighted by Gasteiger charge is 2.33. The predicted molar refractivity (Wildman–Crippen MR) is 102 cm³/mol. The molecule has 5 nitrogen and oxygen atoms in total. The van der Waals surface area contributed by atoms with Gasteiger partial charge in [0.15, 0.2) is 0 Å². The summed E-state index contributed by atoms with van der Waals surface area (Å²) in [5.74, 6) is -1.07. The quantitative estimate of drug-likeness (QED) is 0.811. The Kier molecular flexibility index (Phi) is 6.66. The van der Waals surface area contributed by atoms with Gasteiger partial charge in [0.25, 0.3) is 5.91 Å². The summed E-state index contributed by atoms with van der Waals surface area (Å²) in [6.07, 6.45) is -4.58. The molecule has 2 rings (SSSR count). The molecule has 2 amide bonds. The van der Waals surface area contributed by atoms with Crippen molar-refractivity contribution in [3.05, 3.63) is 59.7 Å². The average molecular weight is 393 g/mol. The SMILES string of the molecule is CCN(CC(=O)Nc1ccccc1C(F)(F)F)C(=O)c1ccc(N(C)C)cc1. The van der Waals surface area contributed by atoms with Crippen LogP contribution in [-0.4, -0.2) is 43.9 Å². The van der Waals surface area contributed by atoms with Crippen LogP contribution in [0.4, 0.5) is 24.5 Å². The van der Waals surface area contributed by atoms with E-state index in [-0.39, 0.29) is 24.7 Å². The van der Waals surface area contributed by atoms with E-state index < -0.39 is 17.6 Å². The Morgan fingerprint density at radius 3 is 2.14 bits per heavy atom. The molecule has 150 valence electrons. The molecule has 28 heavy (non-hydrogen) atoms. The fourth-order valence-corrected chi connectivity index (χ4v) is 2.61. The summed E-state index contributed by atoms with van der Waals surface area (Å²) in [5.41, 5.74) is 0.0490. The normalized spacial score (nSPS) is 11.1. The van der Waals surface area contributed by atoms with Gasteiger partial charge in [0.1, 0.15) is 6.54 Å². The van der Waals surface area contributed by atoms with Crippen LogP contribution in [-0.2, 0) is 11.0 Å². The van der Waals surface area contributed by atoms with Gasteiger partial charge < -0.3 is 15.1 Å². The van der Waals surface area contributed by atoms with E-state index in [0.29, 0.717) is 5.56 Å². The molecular formula is C20H22F3N3O2. The van der Waals surface area contributed by atoms with Crippen molar-refractivity contribution in [2.75, 3.05) is 37.4 Å². The van der Waals surface area contributed by atoms with Crippen LogP contribution in [0.3, 0.4) is 0 Å². The maximum absolute atomic E-state index is 13.0. The average Bonchev–Trinajstić information content (AvgIpc) is 2.65. The number of hydrogen-bond acceptors (Lipinski definition) is 3. The number of alkyl halides is 3. The second kappa shape index (κ2) is 8.77. The summed E-state index contributed by atoms with van der Waals surface area (Å²) >= 11 is 0. The lowest BCUT2D eigenvalue weighted by atomic mass is 10.1. The fraction of sp³-hybridized carbons (Fsp3) is 0.300. The van der Waals surface area contributed by atoms with Crippen LogP contribution in [0.25, 0.3) is 0 Å². The van der Waals surface area contributed by atoms with Crippen molar-refractivity contribution in [1.82, 2.24) is 4.90 Å². The van der Waals surface area contributed by atoms with Crippen molar-refractivity contribution in [3.63, 3.8) is 0 Å². The van der Waals surface area contributed by atoms with Crippen molar-refractivity contribution >= 4 is 23.2 Å². The number of hydrogen-bond donors (Lipinski definition) is 1. The number of carbonyl (C=O) groups is 2. The Hall–Kier alpha value is -3.03. The lowest BCUT2D eigenvalue weighted by Gasteiger charge is -2.21. The van der Waals surface area contributed by atoms with Crippen LogP contribution in [0.1, 0.15) is 22.8 Å². The van der Waals surface area contributed by atoms with Crippen LogP contribution in [0.2, 0.25) is 0 Å². The van der Waals surface area contributed by atoms with Crippen molar-refractivity contribution < 1.29 is 22.8 Å². The zero-order chi connectivity index (χ0) is 20.9. The highest BCUT2D eigenvalue weighted by molar-refractivity contribution is 5.99. The summed E-state index contributed by atoms with van der Waals surface area (Å²) in [4.78, 5) is 28.0. The maximum Gasteiger partial charge on any atom is 0.418 e. The third-order valence-corrected chi connectivity index (χ3v) is 4.14. The molecule has 0 unspecified atom stereocenters. The topological polar surface area (TPSA) is 52.7 Å². The fourth-order valence-electron chi connectivity index (χ4n) is 2.61. The van der Waals surface area contributed by atoms with Crippen molar-refractivity contribution in [1.29, 1.82) is 0 Å². The van der Waals surface area contributed by atoms with Gasteiger partial charge in [0.05, 0.1) is 11.3 Å². The molecule has 0 aliphatic rings. The Labute approximate surface area is 161 Å². The minimum absolute atomic E-state index is 0.239. The summed E-state index contributed by atoms with van der Waals surface area (Å²) in [6, 6.07) is 11.6. The number of rotatable bonds is 6. The Morgan fingerprint density at radius 2 is 1.61 bits per heavy atom. The molecule has 0 bridgehead atoms. The highest BCUT2D eigenvalue weighted by atomic mass is 19.4. The van der Waals surface area contributed by atoms with Crippen LogP contribution in [0, 0.1) is 0 Å². The number of amides is 2. The molecule has 2 aromatic carbocycles. The van der Waals surface area contributed by atoms with Crippen molar-refractivity contribution in [2.24, 2.45) is 0 Å². The molecule has 0 aliphatic heterocycles. The van der Waals surface area contributed by atoms with E-state index in [0.717, 1.165) is 11.8 Å². The molecule has 0 fully saturated rings. The molecule has 0 aliphatic carbocycles. The van der Waals surface area contributed by atoms with Crippen LogP contribution in [0.5, 0.6) is 0 Å². The first-order valence-electron chi connectivity index (χ1n) is 8.66. The second-order valence-corrected chi connectivity index (χ2v) is 6.35. The number of para-hydroxylation sites is 1. The molecule has 1 N–H and O–H groups in total. The van der Waals surface area contributed by atoms with E-state index in [4.69, 9.17) is 0 Å². The molecular weight excluding hydrogens is 371 g/mol. The van der Waals surface area contributed by atoms with Gasteiger partial charge in [-0.25, -0.2) is 0 Å². The van der Waals surface area contributed by atoms with Crippen LogP contribution in [0.15, 0.2) is 48.5 Å². The van der Waals surface area contributed by atoms with Gasteiger partial charge in [-0.3, -0.25) is 9.59 Å². The minimum Gasteiger partial charge on any atom is -0.378 e. The Bertz CT molecular complexity index is 833. The lowest BCUT2D eigenvalue weighted by molar-refractivity contribution is -0.137. The molecule has 8 heteroatoms. The largest absolute Gasteiger partial charge is 0.418 e. The molecule has 0 radical (unpaired) electrons. The summed E-state index contributed by atoms with van der Waals surface area (Å²) < 4.78 is 39.1. The van der Waals surface area contributed by atoms with Gasteiger partial charge in [-0.1, -0.05) is 12.1 Å². The van der Waals surface area contributed by atoms with E-state index in [2.05, 4.69) is 5.32 Å². The van der Waals surface area contributed by atoms with E-state index in [9.17, 15) is 22.8 Å². The second-order valence-electron chi connectivity index (χ2n) is 6.35. The van der Waals surface area contributed by atoms with Gasteiger partial charge in [0, 0.05) is 31.9 Å². The van der Waals surface area contributed by atoms with Gasteiger partial charge in [0.2, 0.25) is 5.91 Å². The van der Waals surface area contributed by atoms with Crippen molar-refractivity contribution in [3.8, 4) is 0 Å². The lowest BCUT2D eigenvalue weighted by Crippen LogP contribution is -2.38. The third kappa shape index (κ3) is 5.25. The van der Waals surface area contributed by atoms with Gasteiger partial charge >= 0.3 is 6.18 Å². The summed E-state index contributed by atoms with van der Waals surface area (Å²) in [7, 11) is 3.75. The standard InChI is InChI=1S/C20H22F3N3O2/c1-4-26(19(28)14-9-11-15(12-10-14)25(2)3)13-18(27)24-17-8-6-5-7-16(17)20(21,22)23/h5-12H,4,13H2,1-3H3,(H,24,27). The highest BCUT2D eigenvalue weighted by Crippen LogP contribution is 2.34. The predicted octanol–water partition coefficient (Wildman–Crippen LogP) is 3.87. The number of anilines is 2. The summed E-state index contributed by atoms with van der Waals surface area (Å²) in [5, 5.41) is 2.25. The van der Waals surface area contributed by atoms with Crippen LogP contribution < -0.4 is 10.2 Å². The van der Waals surface area contributed by atoms with Gasteiger partial charge in [-0.15, -0.1) is 0 Å². The number of nitrogens with zero attached hydrogens (tertiary/aromatic N) is 2.